The minimum Gasteiger partial charge on any atom is -0.393 e. The average Bonchev–Trinajstić information content (AvgIpc) is 2.91. The fraction of sp³-hybridized carbons (Fsp3) is 0.941. The monoisotopic (exact) mass is 439 g/mol. The van der Waals surface area contributed by atoms with Gasteiger partial charge in [0.05, 0.1) is 18.8 Å². The predicted octanol–water partition coefficient (Wildman–Crippen LogP) is 2.26. The van der Waals surface area contributed by atoms with E-state index in [0.717, 1.165) is 57.6 Å². The first kappa shape index (κ1) is 21.0. The van der Waals surface area contributed by atoms with E-state index in [0.29, 0.717) is 12.5 Å². The zero-order valence-electron chi connectivity index (χ0n) is 14.6. The summed E-state index contributed by atoms with van der Waals surface area (Å²) in [4.78, 5) is 4.70. The molecule has 0 aromatic heterocycles. The Kier molecular flexibility index (Phi) is 9.15. The highest BCUT2D eigenvalue weighted by atomic mass is 127. The van der Waals surface area contributed by atoms with Crippen molar-refractivity contribution in [3.8, 4) is 0 Å². The summed E-state index contributed by atoms with van der Waals surface area (Å²) in [6.45, 7) is 6.44. The summed E-state index contributed by atoms with van der Waals surface area (Å²) in [6, 6.07) is 0. The summed E-state index contributed by atoms with van der Waals surface area (Å²) in [5.74, 6) is 1.14. The van der Waals surface area contributed by atoms with E-state index in [4.69, 9.17) is 4.99 Å². The van der Waals surface area contributed by atoms with Gasteiger partial charge in [-0.2, -0.15) is 0 Å². The molecule has 0 spiro atoms. The molecule has 2 fully saturated rings. The van der Waals surface area contributed by atoms with Gasteiger partial charge in [0.1, 0.15) is 0 Å². The Bertz CT molecular complexity index is 381. The zero-order valence-corrected chi connectivity index (χ0v) is 16.9. The highest BCUT2D eigenvalue weighted by molar-refractivity contribution is 14.0. The lowest BCUT2D eigenvalue weighted by molar-refractivity contribution is 0.00716. The number of aliphatic imine (C=N–C) groups is 1. The molecular weight excluding hydrogens is 405 g/mol. The second-order valence-corrected chi connectivity index (χ2v) is 7.25. The maximum Gasteiger partial charge on any atom is 0.191 e. The van der Waals surface area contributed by atoms with Crippen LogP contribution in [0.5, 0.6) is 0 Å². The van der Waals surface area contributed by atoms with Gasteiger partial charge in [0.25, 0.3) is 0 Å². The van der Waals surface area contributed by atoms with Crippen molar-refractivity contribution in [2.24, 2.45) is 16.3 Å². The van der Waals surface area contributed by atoms with Crippen LogP contribution >= 0.6 is 24.0 Å². The number of hydrogen-bond acceptors (Lipinski definition) is 3. The van der Waals surface area contributed by atoms with Crippen LogP contribution in [0.4, 0.5) is 0 Å². The standard InChI is InChI=1S/C17H33N3O2.HI/c1-3-18-16(19-11-13-7-6-8-14(13)21)20-12-17(2)10-5-4-9-15(17)22;/h13-15,21-22H,3-12H2,1-2H3,(H2,18,19,20);1H. The van der Waals surface area contributed by atoms with Crippen LogP contribution in [0, 0.1) is 11.3 Å². The van der Waals surface area contributed by atoms with Crippen LogP contribution in [0.25, 0.3) is 0 Å². The quantitative estimate of drug-likeness (QED) is 0.301. The molecule has 0 aromatic rings. The largest absolute Gasteiger partial charge is 0.393 e. The van der Waals surface area contributed by atoms with Crippen LogP contribution in [0.2, 0.25) is 0 Å². The topological polar surface area (TPSA) is 76.9 Å². The molecule has 0 aliphatic heterocycles. The lowest BCUT2D eigenvalue weighted by Crippen LogP contribution is -2.43. The Morgan fingerprint density at radius 3 is 2.52 bits per heavy atom. The predicted molar refractivity (Wildman–Crippen MR) is 105 cm³/mol. The van der Waals surface area contributed by atoms with Gasteiger partial charge >= 0.3 is 0 Å². The summed E-state index contributed by atoms with van der Waals surface area (Å²) in [7, 11) is 0. The first-order chi connectivity index (χ1) is 10.5. The van der Waals surface area contributed by atoms with E-state index in [1.54, 1.807) is 0 Å². The fourth-order valence-corrected chi connectivity index (χ4v) is 3.65. The van der Waals surface area contributed by atoms with Crippen molar-refractivity contribution in [2.45, 2.75) is 71.0 Å². The van der Waals surface area contributed by atoms with Gasteiger partial charge in [-0.25, -0.2) is 0 Å². The van der Waals surface area contributed by atoms with E-state index in [1.807, 2.05) is 0 Å². The Balaban J connectivity index is 0.00000264. The highest BCUT2D eigenvalue weighted by Gasteiger charge is 2.35. The van der Waals surface area contributed by atoms with Gasteiger partial charge in [0.15, 0.2) is 5.96 Å². The molecular formula is C17H34IN3O2. The van der Waals surface area contributed by atoms with Crippen LogP contribution in [-0.2, 0) is 0 Å². The molecule has 23 heavy (non-hydrogen) atoms. The SMILES string of the molecule is CCNC(=NCC1(C)CCCCC1O)NCC1CCCC1O.I. The van der Waals surface area contributed by atoms with E-state index in [2.05, 4.69) is 24.5 Å². The lowest BCUT2D eigenvalue weighted by atomic mass is 9.73. The second kappa shape index (κ2) is 10.0. The Morgan fingerprint density at radius 1 is 1.13 bits per heavy atom. The normalized spacial score (nSPS) is 34.8. The molecule has 0 bridgehead atoms. The molecule has 0 saturated heterocycles. The molecule has 2 aliphatic carbocycles. The molecule has 2 rings (SSSR count). The summed E-state index contributed by atoms with van der Waals surface area (Å²) >= 11 is 0. The third-order valence-electron chi connectivity index (χ3n) is 5.37. The van der Waals surface area contributed by atoms with Crippen molar-refractivity contribution in [1.29, 1.82) is 0 Å². The first-order valence-corrected chi connectivity index (χ1v) is 8.93. The van der Waals surface area contributed by atoms with E-state index in [1.165, 1.54) is 6.42 Å². The summed E-state index contributed by atoms with van der Waals surface area (Å²) in [5.41, 5.74) is -0.104. The van der Waals surface area contributed by atoms with Gasteiger partial charge < -0.3 is 20.8 Å². The van der Waals surface area contributed by atoms with Gasteiger partial charge in [-0.3, -0.25) is 4.99 Å². The molecule has 0 radical (unpaired) electrons. The Labute approximate surface area is 157 Å². The van der Waals surface area contributed by atoms with Crippen molar-refractivity contribution in [2.75, 3.05) is 19.6 Å². The smallest absolute Gasteiger partial charge is 0.191 e. The summed E-state index contributed by atoms with van der Waals surface area (Å²) < 4.78 is 0. The summed E-state index contributed by atoms with van der Waals surface area (Å²) in [5, 5.41) is 26.8. The molecule has 4 atom stereocenters. The number of nitrogens with zero attached hydrogens (tertiary/aromatic N) is 1. The van der Waals surface area contributed by atoms with E-state index < -0.39 is 0 Å². The Morgan fingerprint density at radius 2 is 1.91 bits per heavy atom. The van der Waals surface area contributed by atoms with E-state index in [-0.39, 0.29) is 41.6 Å². The molecule has 0 amide bonds. The molecule has 2 saturated carbocycles. The molecule has 2 aliphatic rings. The van der Waals surface area contributed by atoms with Crippen LogP contribution in [0.1, 0.15) is 58.8 Å². The summed E-state index contributed by atoms with van der Waals surface area (Å²) in [6.07, 6.45) is 6.94. The van der Waals surface area contributed by atoms with Crippen LogP contribution < -0.4 is 10.6 Å². The zero-order chi connectivity index (χ0) is 16.0. The Hall–Kier alpha value is -0.0800. The van der Waals surface area contributed by atoms with Gasteiger partial charge in [-0.1, -0.05) is 26.2 Å². The van der Waals surface area contributed by atoms with E-state index >= 15 is 0 Å². The van der Waals surface area contributed by atoms with Crippen molar-refractivity contribution < 1.29 is 10.2 Å². The number of aliphatic hydroxyl groups is 2. The molecule has 4 N–H and O–H groups in total. The molecule has 5 nitrogen and oxygen atoms in total. The van der Waals surface area contributed by atoms with Crippen molar-refractivity contribution in [3.63, 3.8) is 0 Å². The maximum absolute atomic E-state index is 10.3. The van der Waals surface area contributed by atoms with Gasteiger partial charge in [-0.05, 0) is 32.6 Å². The van der Waals surface area contributed by atoms with Gasteiger partial charge in [0.2, 0.25) is 0 Å². The minimum absolute atomic E-state index is 0. The third-order valence-corrected chi connectivity index (χ3v) is 5.37. The van der Waals surface area contributed by atoms with Crippen LogP contribution in [0.15, 0.2) is 4.99 Å². The van der Waals surface area contributed by atoms with E-state index in [9.17, 15) is 10.2 Å². The highest BCUT2D eigenvalue weighted by Crippen LogP contribution is 2.36. The molecule has 0 aromatic carbocycles. The van der Waals surface area contributed by atoms with Crippen molar-refractivity contribution >= 4 is 29.9 Å². The average molecular weight is 439 g/mol. The number of nitrogens with one attached hydrogen (secondary N) is 2. The number of hydrogen-bond donors (Lipinski definition) is 4. The molecule has 4 unspecified atom stereocenters. The van der Waals surface area contributed by atoms with Crippen molar-refractivity contribution in [3.05, 3.63) is 0 Å². The number of halogens is 1. The van der Waals surface area contributed by atoms with Crippen LogP contribution in [-0.4, -0.2) is 48.0 Å². The first-order valence-electron chi connectivity index (χ1n) is 8.93. The molecule has 136 valence electrons. The molecule has 0 heterocycles. The number of guanidine groups is 1. The third kappa shape index (κ3) is 6.05. The lowest BCUT2D eigenvalue weighted by Gasteiger charge is -2.37. The van der Waals surface area contributed by atoms with Crippen molar-refractivity contribution in [1.82, 2.24) is 10.6 Å². The molecule has 6 heteroatoms. The van der Waals surface area contributed by atoms with Gasteiger partial charge in [-0.15, -0.1) is 24.0 Å². The minimum atomic E-state index is -0.246. The second-order valence-electron chi connectivity index (χ2n) is 7.25. The van der Waals surface area contributed by atoms with Gasteiger partial charge in [0, 0.05) is 24.4 Å². The number of rotatable bonds is 5. The maximum atomic E-state index is 10.3. The number of aliphatic hydroxyl groups excluding tert-OH is 2. The van der Waals surface area contributed by atoms with Crippen LogP contribution in [0.3, 0.4) is 0 Å². The fourth-order valence-electron chi connectivity index (χ4n) is 3.65.